The van der Waals surface area contributed by atoms with Gasteiger partial charge in [0.2, 0.25) is 7.37 Å². The molecule has 4 saturated carbocycles. The number of carbonyl (C=O) groups is 4. The van der Waals surface area contributed by atoms with Crippen LogP contribution in [0.2, 0.25) is 0 Å². The van der Waals surface area contributed by atoms with Crippen molar-refractivity contribution < 1.29 is 42.5 Å². The van der Waals surface area contributed by atoms with Crippen LogP contribution >= 0.6 is 7.37 Å². The van der Waals surface area contributed by atoms with Crippen LogP contribution in [0.3, 0.4) is 0 Å². The van der Waals surface area contributed by atoms with Gasteiger partial charge in [0, 0.05) is 31.6 Å². The van der Waals surface area contributed by atoms with Gasteiger partial charge in [-0.05, 0) is 141 Å². The van der Waals surface area contributed by atoms with Crippen LogP contribution < -0.4 is 0 Å². The normalized spacial score (nSPS) is 27.0. The van der Waals surface area contributed by atoms with Crippen LogP contribution in [0.5, 0.6) is 0 Å². The van der Waals surface area contributed by atoms with Crippen LogP contribution in [0.1, 0.15) is 148 Å². The Bertz CT molecular complexity index is 2080. The molecule has 3 aromatic carbocycles. The quantitative estimate of drug-likeness (QED) is 0.0583. The van der Waals surface area contributed by atoms with Gasteiger partial charge in [-0.3, -0.25) is 18.9 Å². The Hall–Kier alpha value is -4.07. The van der Waals surface area contributed by atoms with Crippen molar-refractivity contribution in [1.82, 2.24) is 0 Å². The Labute approximate surface area is 401 Å². The van der Waals surface area contributed by atoms with Gasteiger partial charge >= 0.3 is 17.9 Å². The third-order valence-corrected chi connectivity index (χ3v) is 19.1. The van der Waals surface area contributed by atoms with Crippen LogP contribution in [0, 0.1) is 52.3 Å². The Kier molecular flexibility index (Phi) is 19.5. The molecule has 10 atom stereocenters. The van der Waals surface area contributed by atoms with Crippen LogP contribution in [-0.4, -0.2) is 42.6 Å². The highest BCUT2D eigenvalue weighted by Gasteiger charge is 2.60. The van der Waals surface area contributed by atoms with E-state index in [1.54, 1.807) is 0 Å². The molecular formula is C57H79O9P. The molecule has 3 aromatic rings. The summed E-state index contributed by atoms with van der Waals surface area (Å²) in [6.07, 6.45) is 16.4. The molecular weight excluding hydrogens is 860 g/mol. The second kappa shape index (κ2) is 25.0. The maximum Gasteiger partial charge on any atom is 0.309 e. The SMILES string of the molecule is CC(=O)CCP(=O)(CC(CCC(=O)OCc1ccccc1)C(=O)OCc1ccccc1)OCc1ccccc1.CCOC(=O)CC[C@@H](C)C1CCC2C3CCC4CCCCC4(C)C3CCC21C. The van der Waals surface area contributed by atoms with E-state index < -0.39 is 25.2 Å². The third kappa shape index (κ3) is 14.5. The molecule has 9 unspecified atom stereocenters. The lowest BCUT2D eigenvalue weighted by Gasteiger charge is -2.61. The number of esters is 3. The zero-order chi connectivity index (χ0) is 47.9. The smallest absolute Gasteiger partial charge is 0.309 e. The van der Waals surface area contributed by atoms with E-state index in [-0.39, 0.29) is 63.2 Å². The van der Waals surface area contributed by atoms with Gasteiger partial charge in [-0.15, -0.1) is 0 Å². The minimum absolute atomic E-state index is 0.00121. The molecule has 4 fully saturated rings. The second-order valence-electron chi connectivity index (χ2n) is 20.9. The summed E-state index contributed by atoms with van der Waals surface area (Å²) in [6, 6.07) is 27.8. The lowest BCUT2D eigenvalue weighted by atomic mass is 9.44. The highest BCUT2D eigenvalue weighted by Crippen LogP contribution is 2.68. The van der Waals surface area contributed by atoms with Crippen molar-refractivity contribution in [2.24, 2.45) is 52.3 Å². The Morgan fingerprint density at radius 2 is 1.22 bits per heavy atom. The van der Waals surface area contributed by atoms with E-state index in [1.165, 1.54) is 71.1 Å². The first-order valence-electron chi connectivity index (χ1n) is 25.5. The summed E-state index contributed by atoms with van der Waals surface area (Å²) in [5.74, 6) is 3.39. The van der Waals surface area contributed by atoms with Crippen LogP contribution in [-0.2, 0) is 62.3 Å². The summed E-state index contributed by atoms with van der Waals surface area (Å²) in [6.45, 7) is 11.9. The van der Waals surface area contributed by atoms with Crippen LogP contribution in [0.15, 0.2) is 91.0 Å². The van der Waals surface area contributed by atoms with Gasteiger partial charge in [-0.25, -0.2) is 0 Å². The standard InChI is InChI=1S/C31H35O7P.C26H44O2/c1-25(32)19-20-39(35,38-23-28-15-9-4-10-16-28)24-29(31(34)37-22-27-13-7-3-8-14-27)17-18-30(33)36-21-26-11-5-2-6-12-26;1-5-28-24(27)14-9-18(2)21-12-13-22-20-11-10-19-8-6-7-16-25(19,3)23(20)15-17-26(21,22)4/h2-16,29H,17-24H2,1H3;18-23H,5-17H2,1-4H3/t;18-,19?,20?,21?,22?,23?,25?,26?/m.1/s1. The molecule has 0 aromatic heterocycles. The minimum Gasteiger partial charge on any atom is -0.466 e. The lowest BCUT2D eigenvalue weighted by molar-refractivity contribution is -0.150. The van der Waals surface area contributed by atoms with Crippen molar-refractivity contribution in [3.63, 3.8) is 0 Å². The maximum absolute atomic E-state index is 13.9. The number of benzene rings is 3. The second-order valence-corrected chi connectivity index (χ2v) is 23.6. The maximum atomic E-state index is 13.9. The monoisotopic (exact) mass is 939 g/mol. The number of carbonyl (C=O) groups excluding carboxylic acids is 4. The molecule has 0 amide bonds. The minimum atomic E-state index is -3.44. The van der Waals surface area contributed by atoms with Crippen LogP contribution in [0.25, 0.3) is 0 Å². The zero-order valence-electron chi connectivity index (χ0n) is 41.2. The van der Waals surface area contributed by atoms with E-state index in [1.807, 2.05) is 97.9 Å². The number of hydrogen-bond acceptors (Lipinski definition) is 9. The molecule has 0 saturated heterocycles. The Morgan fingerprint density at radius 3 is 1.85 bits per heavy atom. The fourth-order valence-electron chi connectivity index (χ4n) is 12.9. The Balaban J connectivity index is 0.000000232. The molecule has 366 valence electrons. The topological polar surface area (TPSA) is 122 Å². The molecule has 4 aliphatic carbocycles. The fourth-order valence-corrected chi connectivity index (χ4v) is 15.4. The van der Waals surface area contributed by atoms with Gasteiger partial charge in [0.15, 0.2) is 0 Å². The van der Waals surface area contributed by atoms with Crippen molar-refractivity contribution in [2.75, 3.05) is 18.9 Å². The molecule has 0 spiro atoms. The van der Waals surface area contributed by atoms with Gasteiger partial charge in [-0.1, -0.05) is 125 Å². The molecule has 0 N–H and O–H groups in total. The summed E-state index contributed by atoms with van der Waals surface area (Å²) >= 11 is 0. The summed E-state index contributed by atoms with van der Waals surface area (Å²) in [7, 11) is -3.44. The fraction of sp³-hybridized carbons (Fsp3) is 0.614. The number of ketones is 1. The number of rotatable bonds is 21. The number of ether oxygens (including phenoxy) is 3. The molecule has 0 heterocycles. The summed E-state index contributed by atoms with van der Waals surface area (Å²) < 4.78 is 35.9. The third-order valence-electron chi connectivity index (χ3n) is 16.6. The number of fused-ring (bicyclic) bond motifs is 5. The molecule has 0 aliphatic heterocycles. The van der Waals surface area contributed by atoms with Crippen molar-refractivity contribution in [2.45, 2.75) is 151 Å². The highest BCUT2D eigenvalue weighted by molar-refractivity contribution is 7.59. The summed E-state index contributed by atoms with van der Waals surface area (Å²) in [4.78, 5) is 49.3. The van der Waals surface area contributed by atoms with Crippen molar-refractivity contribution in [1.29, 1.82) is 0 Å². The number of hydrogen-bond donors (Lipinski definition) is 0. The first-order valence-corrected chi connectivity index (χ1v) is 27.5. The predicted octanol–water partition coefficient (Wildman–Crippen LogP) is 13.4. The van der Waals surface area contributed by atoms with Crippen molar-refractivity contribution >= 4 is 31.1 Å². The van der Waals surface area contributed by atoms with Gasteiger partial charge in [0.05, 0.1) is 19.1 Å². The molecule has 0 radical (unpaired) electrons. The van der Waals surface area contributed by atoms with E-state index in [2.05, 4.69) is 20.8 Å². The summed E-state index contributed by atoms with van der Waals surface area (Å²) in [5.41, 5.74) is 3.66. The molecule has 67 heavy (non-hydrogen) atoms. The first kappa shape index (κ1) is 52.3. The molecule has 10 heteroatoms. The average molecular weight is 939 g/mol. The molecule has 4 aliphatic rings. The van der Waals surface area contributed by atoms with Gasteiger partial charge < -0.3 is 23.5 Å². The summed E-state index contributed by atoms with van der Waals surface area (Å²) in [5, 5.41) is 0. The van der Waals surface area contributed by atoms with Gasteiger partial charge in [0.1, 0.15) is 19.0 Å². The Morgan fingerprint density at radius 1 is 0.642 bits per heavy atom. The van der Waals surface area contributed by atoms with E-state index in [4.69, 9.17) is 18.7 Å². The largest absolute Gasteiger partial charge is 0.466 e. The predicted molar refractivity (Wildman–Crippen MR) is 264 cm³/mol. The molecule has 9 nitrogen and oxygen atoms in total. The van der Waals surface area contributed by atoms with E-state index in [0.717, 1.165) is 52.7 Å². The first-order chi connectivity index (χ1) is 32.2. The molecule has 0 bridgehead atoms. The lowest BCUT2D eigenvalue weighted by Crippen LogP contribution is -2.53. The van der Waals surface area contributed by atoms with Gasteiger partial charge in [-0.2, -0.15) is 0 Å². The molecule has 7 rings (SSSR count). The highest BCUT2D eigenvalue weighted by atomic mass is 31.2. The van der Waals surface area contributed by atoms with E-state index in [9.17, 15) is 23.7 Å². The van der Waals surface area contributed by atoms with Crippen molar-refractivity contribution in [3.8, 4) is 0 Å². The van der Waals surface area contributed by atoms with Crippen molar-refractivity contribution in [3.05, 3.63) is 108 Å². The van der Waals surface area contributed by atoms with E-state index >= 15 is 0 Å². The average Bonchev–Trinajstić information content (AvgIpc) is 3.70. The van der Waals surface area contributed by atoms with E-state index in [0.29, 0.717) is 29.8 Å². The number of Topliss-reactive ketones (excluding diaryl/α,β-unsaturated/α-hetero) is 1. The van der Waals surface area contributed by atoms with Gasteiger partial charge in [0.25, 0.3) is 0 Å². The zero-order valence-corrected chi connectivity index (χ0v) is 42.1. The van der Waals surface area contributed by atoms with Crippen LogP contribution in [0.4, 0.5) is 0 Å².